The van der Waals surface area contributed by atoms with Gasteiger partial charge in [0.25, 0.3) is 0 Å². The molecule has 4 atom stereocenters. The molecule has 0 aliphatic rings. The van der Waals surface area contributed by atoms with E-state index in [-0.39, 0.29) is 18.1 Å². The van der Waals surface area contributed by atoms with Crippen LogP contribution in [0.25, 0.3) is 0 Å². The van der Waals surface area contributed by atoms with Crippen LogP contribution in [0.15, 0.2) is 0 Å². The minimum atomic E-state index is -1.54. The maximum Gasteiger partial charge on any atom is 0.327 e. The highest BCUT2D eigenvalue weighted by Crippen LogP contribution is 2.08. The van der Waals surface area contributed by atoms with E-state index in [1.165, 1.54) is 11.8 Å². The van der Waals surface area contributed by atoms with Crippen LogP contribution >= 0.6 is 24.4 Å². The summed E-state index contributed by atoms with van der Waals surface area (Å²) in [6.45, 7) is 3.65. The van der Waals surface area contributed by atoms with Gasteiger partial charge in [-0.3, -0.25) is 19.2 Å². The first kappa shape index (κ1) is 29.0. The third-order valence-electron chi connectivity index (χ3n) is 4.12. The standard InChI is InChI=1S/C18H32N4O7S2/c1-9(2)6-11(20-15(25)10(19)4-5-31-3)16(26)21-12(7-14(23)24)17(27)22-13(8-30)18(28)29/h9-13,30H,4-8,19H2,1-3H3,(H,20,25)(H,21,26)(H,22,27)(H,23,24)(H,28,29). The van der Waals surface area contributed by atoms with E-state index < -0.39 is 60.2 Å². The average Bonchev–Trinajstić information content (AvgIpc) is 2.67. The molecule has 0 aliphatic heterocycles. The van der Waals surface area contributed by atoms with Gasteiger partial charge in [0.1, 0.15) is 18.1 Å². The zero-order chi connectivity index (χ0) is 24.1. The van der Waals surface area contributed by atoms with Gasteiger partial charge in [0.2, 0.25) is 17.7 Å². The van der Waals surface area contributed by atoms with Crippen LogP contribution in [0.2, 0.25) is 0 Å². The lowest BCUT2D eigenvalue weighted by molar-refractivity contribution is -0.143. The molecule has 13 heteroatoms. The fourth-order valence-corrected chi connectivity index (χ4v) is 3.21. The Balaban J connectivity index is 5.38. The van der Waals surface area contributed by atoms with Crippen molar-refractivity contribution in [2.24, 2.45) is 11.7 Å². The Kier molecular flexibility index (Phi) is 14.0. The van der Waals surface area contributed by atoms with Crippen LogP contribution < -0.4 is 21.7 Å². The molecule has 0 bridgehead atoms. The second-order valence-corrected chi connectivity index (χ2v) is 8.67. The second kappa shape index (κ2) is 14.9. The molecule has 31 heavy (non-hydrogen) atoms. The summed E-state index contributed by atoms with van der Waals surface area (Å²) in [6.07, 6.45) is 1.73. The van der Waals surface area contributed by atoms with Crippen molar-refractivity contribution in [3.05, 3.63) is 0 Å². The van der Waals surface area contributed by atoms with Crippen molar-refractivity contribution in [3.63, 3.8) is 0 Å². The van der Waals surface area contributed by atoms with Crippen molar-refractivity contribution in [3.8, 4) is 0 Å². The first-order valence-corrected chi connectivity index (χ1v) is 11.7. The number of hydrogen-bond donors (Lipinski definition) is 7. The number of carboxylic acids is 2. The summed E-state index contributed by atoms with van der Waals surface area (Å²) in [6, 6.07) is -4.76. The monoisotopic (exact) mass is 480 g/mol. The van der Waals surface area contributed by atoms with Crippen LogP contribution in [0.5, 0.6) is 0 Å². The van der Waals surface area contributed by atoms with Crippen molar-refractivity contribution < 1.29 is 34.2 Å². The Morgan fingerprint density at radius 2 is 1.45 bits per heavy atom. The van der Waals surface area contributed by atoms with Gasteiger partial charge in [0.05, 0.1) is 12.5 Å². The van der Waals surface area contributed by atoms with E-state index in [1.807, 2.05) is 20.1 Å². The molecule has 11 nitrogen and oxygen atoms in total. The predicted octanol–water partition coefficient (Wildman–Crippen LogP) is -0.944. The van der Waals surface area contributed by atoms with E-state index in [0.717, 1.165) is 0 Å². The van der Waals surface area contributed by atoms with Crippen molar-refractivity contribution in [2.75, 3.05) is 17.8 Å². The minimum absolute atomic E-state index is 0.00852. The second-order valence-electron chi connectivity index (χ2n) is 7.32. The molecule has 3 amide bonds. The molecular formula is C18H32N4O7S2. The highest BCUT2D eigenvalue weighted by Gasteiger charge is 2.31. The number of nitrogens with one attached hydrogen (secondary N) is 3. The number of amides is 3. The van der Waals surface area contributed by atoms with Crippen molar-refractivity contribution >= 4 is 54.1 Å². The van der Waals surface area contributed by atoms with Crippen LogP contribution in [-0.4, -0.2) is 81.8 Å². The number of thiol groups is 1. The number of hydrogen-bond acceptors (Lipinski definition) is 8. The normalized spacial score (nSPS) is 14.8. The highest BCUT2D eigenvalue weighted by molar-refractivity contribution is 7.98. The van der Waals surface area contributed by atoms with E-state index in [1.54, 1.807) is 0 Å². The van der Waals surface area contributed by atoms with Gasteiger partial charge in [0, 0.05) is 5.75 Å². The van der Waals surface area contributed by atoms with Gasteiger partial charge in [-0.05, 0) is 30.8 Å². The zero-order valence-electron chi connectivity index (χ0n) is 17.8. The lowest BCUT2D eigenvalue weighted by atomic mass is 10.0. The predicted molar refractivity (Wildman–Crippen MR) is 120 cm³/mol. The Morgan fingerprint density at radius 1 is 0.935 bits per heavy atom. The van der Waals surface area contributed by atoms with Crippen molar-refractivity contribution in [1.82, 2.24) is 16.0 Å². The van der Waals surface area contributed by atoms with E-state index in [2.05, 4.69) is 28.6 Å². The van der Waals surface area contributed by atoms with Crippen LogP contribution in [0.1, 0.15) is 33.1 Å². The Hall–Kier alpha value is -1.99. The molecule has 0 saturated heterocycles. The summed E-state index contributed by atoms with van der Waals surface area (Å²) in [7, 11) is 0. The van der Waals surface area contributed by atoms with Crippen molar-refractivity contribution in [2.45, 2.75) is 57.3 Å². The van der Waals surface area contributed by atoms with E-state index in [9.17, 15) is 24.0 Å². The van der Waals surface area contributed by atoms with E-state index in [0.29, 0.717) is 12.2 Å². The van der Waals surface area contributed by atoms with Crippen LogP contribution in [0.4, 0.5) is 0 Å². The average molecular weight is 481 g/mol. The minimum Gasteiger partial charge on any atom is -0.481 e. The summed E-state index contributed by atoms with van der Waals surface area (Å²) >= 11 is 5.35. The number of rotatable bonds is 15. The van der Waals surface area contributed by atoms with Crippen molar-refractivity contribution in [1.29, 1.82) is 0 Å². The maximum atomic E-state index is 12.8. The molecule has 0 heterocycles. The topological polar surface area (TPSA) is 188 Å². The Labute approximate surface area is 191 Å². The number of thioether (sulfide) groups is 1. The molecule has 0 aromatic carbocycles. The van der Waals surface area contributed by atoms with Crippen LogP contribution in [0.3, 0.4) is 0 Å². The van der Waals surface area contributed by atoms with Gasteiger partial charge >= 0.3 is 11.9 Å². The van der Waals surface area contributed by atoms with Gasteiger partial charge in [-0.1, -0.05) is 13.8 Å². The van der Waals surface area contributed by atoms with Crippen LogP contribution in [0, 0.1) is 5.92 Å². The summed E-state index contributed by atoms with van der Waals surface area (Å²) < 4.78 is 0. The molecule has 0 aromatic rings. The fourth-order valence-electron chi connectivity index (χ4n) is 2.47. The molecule has 0 radical (unpaired) electrons. The molecule has 178 valence electrons. The molecule has 7 N–H and O–H groups in total. The third-order valence-corrected chi connectivity index (χ3v) is 5.13. The molecule has 0 aromatic heterocycles. The zero-order valence-corrected chi connectivity index (χ0v) is 19.5. The van der Waals surface area contributed by atoms with Gasteiger partial charge in [-0.2, -0.15) is 24.4 Å². The number of carbonyl (C=O) groups excluding carboxylic acids is 3. The number of aliphatic carboxylic acids is 2. The van der Waals surface area contributed by atoms with Crippen LogP contribution in [-0.2, 0) is 24.0 Å². The Bertz CT molecular complexity index is 648. The molecule has 0 fully saturated rings. The highest BCUT2D eigenvalue weighted by atomic mass is 32.2. The molecule has 0 spiro atoms. The lowest BCUT2D eigenvalue weighted by Gasteiger charge is -2.25. The lowest BCUT2D eigenvalue weighted by Crippen LogP contribution is -2.58. The molecule has 0 aliphatic carbocycles. The van der Waals surface area contributed by atoms with Gasteiger partial charge in [-0.15, -0.1) is 0 Å². The SMILES string of the molecule is CSCCC(N)C(=O)NC(CC(C)C)C(=O)NC(CC(=O)O)C(=O)NC(CS)C(=O)O. The molecule has 0 saturated carbocycles. The number of carboxylic acid groups (broad SMARTS) is 2. The summed E-state index contributed by atoms with van der Waals surface area (Å²) in [5, 5.41) is 25.1. The first-order chi connectivity index (χ1) is 14.4. The van der Waals surface area contributed by atoms with Gasteiger partial charge < -0.3 is 31.9 Å². The number of carbonyl (C=O) groups is 5. The molecular weight excluding hydrogens is 448 g/mol. The summed E-state index contributed by atoms with van der Waals surface area (Å²) in [5.41, 5.74) is 5.83. The first-order valence-electron chi connectivity index (χ1n) is 9.63. The van der Waals surface area contributed by atoms with Gasteiger partial charge in [-0.25, -0.2) is 4.79 Å². The van der Waals surface area contributed by atoms with E-state index >= 15 is 0 Å². The smallest absolute Gasteiger partial charge is 0.327 e. The fraction of sp³-hybridized carbons (Fsp3) is 0.722. The Morgan fingerprint density at radius 3 is 1.90 bits per heavy atom. The quantitative estimate of drug-likeness (QED) is 0.145. The third kappa shape index (κ3) is 11.8. The summed E-state index contributed by atoms with van der Waals surface area (Å²) in [4.78, 5) is 59.7. The molecule has 4 unspecified atom stereocenters. The maximum absolute atomic E-state index is 12.8. The number of nitrogens with two attached hydrogens (primary N) is 1. The molecule has 0 rings (SSSR count). The summed E-state index contributed by atoms with van der Waals surface area (Å²) in [5.74, 6) is -4.58. The van der Waals surface area contributed by atoms with E-state index in [4.69, 9.17) is 15.9 Å². The van der Waals surface area contributed by atoms with Gasteiger partial charge in [0.15, 0.2) is 0 Å². The largest absolute Gasteiger partial charge is 0.481 e.